The van der Waals surface area contributed by atoms with Crippen LogP contribution in [0.4, 0.5) is 5.00 Å². The topological polar surface area (TPSA) is 103 Å². The Morgan fingerprint density at radius 1 is 1.13 bits per heavy atom. The lowest BCUT2D eigenvalue weighted by atomic mass is 10.1. The number of ether oxygens (including phenoxy) is 3. The van der Waals surface area contributed by atoms with E-state index in [1.165, 1.54) is 14.2 Å². The van der Waals surface area contributed by atoms with Crippen molar-refractivity contribution in [3.63, 3.8) is 0 Å². The van der Waals surface area contributed by atoms with Gasteiger partial charge in [0.15, 0.2) is 5.11 Å². The van der Waals surface area contributed by atoms with E-state index in [1.54, 1.807) is 26.0 Å². The fourth-order valence-corrected chi connectivity index (χ4v) is 4.12. The summed E-state index contributed by atoms with van der Waals surface area (Å²) in [6.07, 6.45) is 0. The van der Waals surface area contributed by atoms with Crippen LogP contribution in [0.25, 0.3) is 0 Å². The summed E-state index contributed by atoms with van der Waals surface area (Å²) in [4.78, 5) is 37.3. The number of anilines is 1. The molecule has 0 spiro atoms. The molecule has 0 aliphatic heterocycles. The summed E-state index contributed by atoms with van der Waals surface area (Å²) >= 11 is 6.22. The zero-order valence-electron chi connectivity index (χ0n) is 17.2. The van der Waals surface area contributed by atoms with E-state index < -0.39 is 17.8 Å². The molecule has 1 heterocycles. The van der Waals surface area contributed by atoms with Gasteiger partial charge in [0, 0.05) is 0 Å². The van der Waals surface area contributed by atoms with E-state index in [1.807, 2.05) is 13.0 Å². The van der Waals surface area contributed by atoms with Gasteiger partial charge in [0.05, 0.1) is 32.0 Å². The third-order valence-electron chi connectivity index (χ3n) is 4.11. The second-order valence-electron chi connectivity index (χ2n) is 6.04. The van der Waals surface area contributed by atoms with Gasteiger partial charge in [-0.25, -0.2) is 9.59 Å². The first-order valence-electron chi connectivity index (χ1n) is 8.89. The van der Waals surface area contributed by atoms with Crippen LogP contribution in [0.15, 0.2) is 18.2 Å². The van der Waals surface area contributed by atoms with Crippen LogP contribution >= 0.6 is 23.6 Å². The van der Waals surface area contributed by atoms with E-state index in [2.05, 4.69) is 10.6 Å². The molecular formula is C20H22N2O6S2. The molecule has 160 valence electrons. The number of para-hydroxylation sites is 1. The van der Waals surface area contributed by atoms with Crippen LogP contribution < -0.4 is 15.4 Å². The summed E-state index contributed by atoms with van der Waals surface area (Å²) < 4.78 is 15.1. The summed E-state index contributed by atoms with van der Waals surface area (Å²) in [5.74, 6) is -1.24. The maximum absolute atomic E-state index is 12.6. The van der Waals surface area contributed by atoms with Crippen molar-refractivity contribution in [2.75, 3.05) is 26.1 Å². The number of methoxy groups -OCH3 is 2. The Balaban J connectivity index is 2.30. The normalized spacial score (nSPS) is 10.2. The van der Waals surface area contributed by atoms with Crippen LogP contribution in [0, 0.1) is 13.8 Å². The highest BCUT2D eigenvalue weighted by Gasteiger charge is 2.27. The predicted molar refractivity (Wildman–Crippen MR) is 118 cm³/mol. The zero-order chi connectivity index (χ0) is 22.4. The molecular weight excluding hydrogens is 428 g/mol. The highest BCUT2D eigenvalue weighted by Crippen LogP contribution is 2.34. The quantitative estimate of drug-likeness (QED) is 0.510. The Bertz CT molecular complexity index is 999. The molecule has 0 saturated heterocycles. The van der Waals surface area contributed by atoms with Crippen LogP contribution in [0.2, 0.25) is 0 Å². The maximum atomic E-state index is 12.6. The fourth-order valence-electron chi connectivity index (χ4n) is 2.75. The standard InChI is InChI=1S/C20H22N2O6S2/c1-6-28-18(24)13-11(3)15(19(25)27-5)30-17(13)22-20(29)21-16(23)12-9-7-8-10(2)14(12)26-4/h7-9H,6H2,1-5H3,(H2,21,22,23,29). The molecule has 2 aromatic rings. The molecule has 8 nitrogen and oxygen atoms in total. The molecule has 2 N–H and O–H groups in total. The first kappa shape index (κ1) is 23.3. The summed E-state index contributed by atoms with van der Waals surface area (Å²) in [5, 5.41) is 5.59. The Hall–Kier alpha value is -2.98. The smallest absolute Gasteiger partial charge is 0.348 e. The van der Waals surface area contributed by atoms with Crippen LogP contribution in [0.1, 0.15) is 48.4 Å². The van der Waals surface area contributed by atoms with Gasteiger partial charge in [0.1, 0.15) is 15.6 Å². The molecule has 0 fully saturated rings. The van der Waals surface area contributed by atoms with Gasteiger partial charge in [-0.1, -0.05) is 12.1 Å². The number of hydrogen-bond acceptors (Lipinski definition) is 8. The maximum Gasteiger partial charge on any atom is 0.348 e. The molecule has 10 heteroatoms. The molecule has 1 aromatic heterocycles. The highest BCUT2D eigenvalue weighted by atomic mass is 32.1. The zero-order valence-corrected chi connectivity index (χ0v) is 18.8. The average Bonchev–Trinajstić information content (AvgIpc) is 3.02. The number of thiocarbonyl (C=S) groups is 1. The fraction of sp³-hybridized carbons (Fsp3) is 0.300. The number of rotatable bonds is 6. The van der Waals surface area contributed by atoms with Crippen LogP contribution in [-0.4, -0.2) is 43.8 Å². The monoisotopic (exact) mass is 450 g/mol. The SMILES string of the molecule is CCOC(=O)c1c(NC(=S)NC(=O)c2cccc(C)c2OC)sc(C(=O)OC)c1C. The average molecular weight is 451 g/mol. The molecule has 30 heavy (non-hydrogen) atoms. The molecule has 0 unspecified atom stereocenters. The molecule has 1 amide bonds. The molecule has 2 rings (SSSR count). The van der Waals surface area contributed by atoms with E-state index >= 15 is 0 Å². The summed E-state index contributed by atoms with van der Waals surface area (Å²) in [6, 6.07) is 5.16. The lowest BCUT2D eigenvalue weighted by Crippen LogP contribution is -2.34. The number of hydrogen-bond donors (Lipinski definition) is 2. The Labute approximate surface area is 183 Å². The van der Waals surface area contributed by atoms with E-state index in [0.717, 1.165) is 16.9 Å². The second kappa shape index (κ2) is 10.2. The number of amides is 1. The van der Waals surface area contributed by atoms with Crippen molar-refractivity contribution in [2.45, 2.75) is 20.8 Å². The van der Waals surface area contributed by atoms with Crippen LogP contribution in [-0.2, 0) is 9.47 Å². The van der Waals surface area contributed by atoms with Gasteiger partial charge in [0.2, 0.25) is 0 Å². The van der Waals surface area contributed by atoms with Crippen LogP contribution in [0.5, 0.6) is 5.75 Å². The van der Waals surface area contributed by atoms with E-state index in [9.17, 15) is 14.4 Å². The minimum absolute atomic E-state index is 0.0493. The molecule has 0 aliphatic rings. The molecule has 0 radical (unpaired) electrons. The third kappa shape index (κ3) is 4.95. The predicted octanol–water partition coefficient (Wildman–Crippen LogP) is 3.46. The van der Waals surface area contributed by atoms with Gasteiger partial charge in [-0.05, 0) is 50.2 Å². The number of esters is 2. The number of thiophene rings is 1. The minimum Gasteiger partial charge on any atom is -0.496 e. The molecule has 0 atom stereocenters. The first-order valence-corrected chi connectivity index (χ1v) is 10.1. The minimum atomic E-state index is -0.613. The second-order valence-corrected chi connectivity index (χ2v) is 7.47. The number of carbonyl (C=O) groups excluding carboxylic acids is 3. The molecule has 1 aromatic carbocycles. The van der Waals surface area contributed by atoms with Crippen molar-refractivity contribution in [1.82, 2.24) is 5.32 Å². The highest BCUT2D eigenvalue weighted by molar-refractivity contribution is 7.80. The third-order valence-corrected chi connectivity index (χ3v) is 5.50. The molecule has 0 saturated carbocycles. The van der Waals surface area contributed by atoms with E-state index in [4.69, 9.17) is 26.4 Å². The van der Waals surface area contributed by atoms with Crippen molar-refractivity contribution in [3.8, 4) is 5.75 Å². The lowest BCUT2D eigenvalue weighted by Gasteiger charge is -2.13. The van der Waals surface area contributed by atoms with Crippen LogP contribution in [0.3, 0.4) is 0 Å². The van der Waals surface area contributed by atoms with Gasteiger partial charge in [-0.15, -0.1) is 11.3 Å². The number of carbonyl (C=O) groups is 3. The van der Waals surface area contributed by atoms with Gasteiger partial charge in [0.25, 0.3) is 5.91 Å². The van der Waals surface area contributed by atoms with Gasteiger partial charge >= 0.3 is 11.9 Å². The Morgan fingerprint density at radius 2 is 1.83 bits per heavy atom. The lowest BCUT2D eigenvalue weighted by molar-refractivity contribution is 0.0527. The van der Waals surface area contributed by atoms with Crippen molar-refractivity contribution in [2.24, 2.45) is 0 Å². The first-order chi connectivity index (χ1) is 14.2. The largest absolute Gasteiger partial charge is 0.496 e. The number of benzene rings is 1. The summed E-state index contributed by atoms with van der Waals surface area (Å²) in [6.45, 7) is 5.27. The van der Waals surface area contributed by atoms with E-state index in [0.29, 0.717) is 16.9 Å². The Morgan fingerprint density at radius 3 is 2.43 bits per heavy atom. The summed E-state index contributed by atoms with van der Waals surface area (Å²) in [5.41, 5.74) is 1.67. The van der Waals surface area contributed by atoms with Crippen molar-refractivity contribution in [3.05, 3.63) is 45.3 Å². The van der Waals surface area contributed by atoms with Gasteiger partial charge in [-0.2, -0.15) is 0 Å². The van der Waals surface area contributed by atoms with Gasteiger partial charge in [-0.3, -0.25) is 10.1 Å². The van der Waals surface area contributed by atoms with Crippen molar-refractivity contribution < 1.29 is 28.6 Å². The van der Waals surface area contributed by atoms with Gasteiger partial charge < -0.3 is 19.5 Å². The van der Waals surface area contributed by atoms with Crippen molar-refractivity contribution >= 4 is 51.5 Å². The van der Waals surface area contributed by atoms with Crippen molar-refractivity contribution in [1.29, 1.82) is 0 Å². The number of nitrogens with one attached hydrogen (secondary N) is 2. The number of aryl methyl sites for hydroxylation is 1. The Kier molecular flexibility index (Phi) is 7.90. The molecule has 0 aliphatic carbocycles. The summed E-state index contributed by atoms with van der Waals surface area (Å²) in [7, 11) is 2.72. The molecule has 0 bridgehead atoms. The van der Waals surface area contributed by atoms with E-state index in [-0.39, 0.29) is 27.2 Å².